The third-order valence-corrected chi connectivity index (χ3v) is 3.65. The topological polar surface area (TPSA) is 15.3 Å². The fourth-order valence-corrected chi connectivity index (χ4v) is 2.46. The first-order valence-corrected chi connectivity index (χ1v) is 7.20. The van der Waals surface area contributed by atoms with Gasteiger partial charge in [0.25, 0.3) is 0 Å². The first-order chi connectivity index (χ1) is 8.77. The van der Waals surface area contributed by atoms with Crippen molar-refractivity contribution >= 4 is 0 Å². The minimum atomic E-state index is 0.588. The van der Waals surface area contributed by atoms with E-state index in [9.17, 15) is 0 Å². The number of hydrogen-bond donors (Lipinski definition) is 1. The van der Waals surface area contributed by atoms with Gasteiger partial charge in [0.15, 0.2) is 0 Å². The summed E-state index contributed by atoms with van der Waals surface area (Å²) in [7, 11) is 4.29. The Morgan fingerprint density at radius 2 is 1.89 bits per heavy atom. The SMILES string of the molecule is CN(C)CCCCNC(c1ccccc1)C1CC1. The smallest absolute Gasteiger partial charge is 0.0348 e. The van der Waals surface area contributed by atoms with Crippen molar-refractivity contribution in [1.82, 2.24) is 10.2 Å². The van der Waals surface area contributed by atoms with Crippen LogP contribution in [0.2, 0.25) is 0 Å². The summed E-state index contributed by atoms with van der Waals surface area (Å²) < 4.78 is 0. The molecular weight excluding hydrogens is 220 g/mol. The van der Waals surface area contributed by atoms with Gasteiger partial charge in [0, 0.05) is 6.04 Å². The van der Waals surface area contributed by atoms with Crippen LogP contribution in [0.15, 0.2) is 30.3 Å². The molecule has 1 aromatic rings. The minimum Gasteiger partial charge on any atom is -0.310 e. The Balaban J connectivity index is 1.74. The fourth-order valence-electron chi connectivity index (χ4n) is 2.46. The molecule has 0 amide bonds. The van der Waals surface area contributed by atoms with Crippen LogP contribution in [0.4, 0.5) is 0 Å². The van der Waals surface area contributed by atoms with E-state index in [0.717, 1.165) is 12.5 Å². The third-order valence-electron chi connectivity index (χ3n) is 3.65. The highest BCUT2D eigenvalue weighted by Crippen LogP contribution is 2.40. The van der Waals surface area contributed by atoms with Crippen molar-refractivity contribution < 1.29 is 0 Å². The molecule has 1 N–H and O–H groups in total. The highest BCUT2D eigenvalue weighted by Gasteiger charge is 2.31. The summed E-state index contributed by atoms with van der Waals surface area (Å²) in [5, 5.41) is 3.75. The van der Waals surface area contributed by atoms with Crippen LogP contribution in [-0.2, 0) is 0 Å². The van der Waals surface area contributed by atoms with E-state index in [1.165, 1.54) is 37.8 Å². The van der Waals surface area contributed by atoms with Crippen LogP contribution in [0.3, 0.4) is 0 Å². The molecule has 1 aromatic carbocycles. The molecule has 1 aliphatic rings. The number of benzene rings is 1. The predicted octanol–water partition coefficient (Wildman–Crippen LogP) is 3.07. The molecule has 2 rings (SSSR count). The molecule has 0 spiro atoms. The van der Waals surface area contributed by atoms with E-state index >= 15 is 0 Å². The summed E-state index contributed by atoms with van der Waals surface area (Å²) in [4.78, 5) is 2.26. The lowest BCUT2D eigenvalue weighted by atomic mass is 10.0. The molecule has 0 radical (unpaired) electrons. The van der Waals surface area contributed by atoms with Crippen LogP contribution in [0.25, 0.3) is 0 Å². The number of nitrogens with one attached hydrogen (secondary N) is 1. The fraction of sp³-hybridized carbons (Fsp3) is 0.625. The van der Waals surface area contributed by atoms with Crippen molar-refractivity contribution in [3.63, 3.8) is 0 Å². The molecule has 0 aromatic heterocycles. The normalized spacial score (nSPS) is 17.1. The zero-order valence-corrected chi connectivity index (χ0v) is 11.7. The third kappa shape index (κ3) is 4.43. The molecule has 2 heteroatoms. The van der Waals surface area contributed by atoms with Gasteiger partial charge in [-0.2, -0.15) is 0 Å². The van der Waals surface area contributed by atoms with E-state index < -0.39 is 0 Å². The van der Waals surface area contributed by atoms with Crippen molar-refractivity contribution in [3.8, 4) is 0 Å². The molecule has 1 unspecified atom stereocenters. The second-order valence-electron chi connectivity index (χ2n) is 5.69. The van der Waals surface area contributed by atoms with Gasteiger partial charge in [0.1, 0.15) is 0 Å². The standard InChI is InChI=1S/C16H26N2/c1-18(2)13-7-6-12-17-16(15-10-11-15)14-8-4-3-5-9-14/h3-5,8-9,15-17H,6-7,10-13H2,1-2H3. The van der Waals surface area contributed by atoms with Crippen molar-refractivity contribution in [2.45, 2.75) is 31.7 Å². The summed E-state index contributed by atoms with van der Waals surface area (Å²) in [6.45, 7) is 2.34. The quantitative estimate of drug-likeness (QED) is 0.709. The Morgan fingerprint density at radius 1 is 1.17 bits per heavy atom. The van der Waals surface area contributed by atoms with Crippen LogP contribution in [0.1, 0.15) is 37.3 Å². The van der Waals surface area contributed by atoms with Crippen molar-refractivity contribution in [3.05, 3.63) is 35.9 Å². The lowest BCUT2D eigenvalue weighted by Crippen LogP contribution is -2.25. The first kappa shape index (κ1) is 13.6. The molecule has 1 fully saturated rings. The lowest BCUT2D eigenvalue weighted by Gasteiger charge is -2.19. The number of nitrogens with zero attached hydrogens (tertiary/aromatic N) is 1. The van der Waals surface area contributed by atoms with E-state index in [0.29, 0.717) is 6.04 Å². The van der Waals surface area contributed by atoms with Crippen molar-refractivity contribution in [2.75, 3.05) is 27.2 Å². The molecule has 0 bridgehead atoms. The van der Waals surface area contributed by atoms with Gasteiger partial charge in [-0.3, -0.25) is 0 Å². The second kappa shape index (κ2) is 6.91. The van der Waals surface area contributed by atoms with E-state index in [1.807, 2.05) is 0 Å². The van der Waals surface area contributed by atoms with Gasteiger partial charge in [0.05, 0.1) is 0 Å². The van der Waals surface area contributed by atoms with Crippen molar-refractivity contribution in [2.24, 2.45) is 5.92 Å². The second-order valence-corrected chi connectivity index (χ2v) is 5.69. The molecule has 1 saturated carbocycles. The van der Waals surface area contributed by atoms with Gasteiger partial charge in [-0.15, -0.1) is 0 Å². The Bertz CT molecular complexity index is 330. The maximum Gasteiger partial charge on any atom is 0.0348 e. The minimum absolute atomic E-state index is 0.588. The van der Waals surface area contributed by atoms with E-state index in [2.05, 4.69) is 54.6 Å². The van der Waals surface area contributed by atoms with E-state index in [-0.39, 0.29) is 0 Å². The molecular formula is C16H26N2. The van der Waals surface area contributed by atoms with Crippen LogP contribution in [0, 0.1) is 5.92 Å². The summed E-state index contributed by atoms with van der Waals surface area (Å²) in [5.74, 6) is 0.876. The summed E-state index contributed by atoms with van der Waals surface area (Å²) in [6, 6.07) is 11.5. The van der Waals surface area contributed by atoms with Crippen LogP contribution in [-0.4, -0.2) is 32.1 Å². The highest BCUT2D eigenvalue weighted by atomic mass is 15.0. The van der Waals surface area contributed by atoms with Gasteiger partial charge in [-0.05, 0) is 64.3 Å². The largest absolute Gasteiger partial charge is 0.310 e. The molecule has 1 aliphatic carbocycles. The summed E-state index contributed by atoms with van der Waals surface area (Å²) in [6.07, 6.45) is 5.34. The average Bonchev–Trinajstić information content (AvgIpc) is 3.19. The van der Waals surface area contributed by atoms with Gasteiger partial charge in [0.2, 0.25) is 0 Å². The monoisotopic (exact) mass is 246 g/mol. The maximum atomic E-state index is 3.75. The highest BCUT2D eigenvalue weighted by molar-refractivity contribution is 5.21. The van der Waals surface area contributed by atoms with Gasteiger partial charge >= 0.3 is 0 Å². The molecule has 18 heavy (non-hydrogen) atoms. The Hall–Kier alpha value is -0.860. The zero-order valence-electron chi connectivity index (χ0n) is 11.7. The number of unbranched alkanes of at least 4 members (excludes halogenated alkanes) is 1. The van der Waals surface area contributed by atoms with Gasteiger partial charge in [-0.25, -0.2) is 0 Å². The van der Waals surface area contributed by atoms with Gasteiger partial charge < -0.3 is 10.2 Å². The molecule has 100 valence electrons. The van der Waals surface area contributed by atoms with Gasteiger partial charge in [-0.1, -0.05) is 30.3 Å². The predicted molar refractivity (Wildman–Crippen MR) is 77.7 cm³/mol. The van der Waals surface area contributed by atoms with E-state index in [1.54, 1.807) is 0 Å². The van der Waals surface area contributed by atoms with Crippen LogP contribution < -0.4 is 5.32 Å². The maximum absolute atomic E-state index is 3.75. The lowest BCUT2D eigenvalue weighted by molar-refractivity contribution is 0.384. The Kier molecular flexibility index (Phi) is 5.21. The van der Waals surface area contributed by atoms with Crippen LogP contribution >= 0.6 is 0 Å². The molecule has 0 heterocycles. The average molecular weight is 246 g/mol. The molecule has 2 nitrogen and oxygen atoms in total. The Labute approximate surface area is 111 Å². The molecule has 0 aliphatic heterocycles. The molecule has 0 saturated heterocycles. The first-order valence-electron chi connectivity index (χ1n) is 7.20. The Morgan fingerprint density at radius 3 is 2.50 bits per heavy atom. The van der Waals surface area contributed by atoms with Crippen LogP contribution in [0.5, 0.6) is 0 Å². The van der Waals surface area contributed by atoms with E-state index in [4.69, 9.17) is 0 Å². The zero-order chi connectivity index (χ0) is 12.8. The number of rotatable bonds is 8. The molecule has 1 atom stereocenters. The summed E-state index contributed by atoms with van der Waals surface area (Å²) in [5.41, 5.74) is 1.47. The summed E-state index contributed by atoms with van der Waals surface area (Å²) >= 11 is 0. The van der Waals surface area contributed by atoms with Crippen molar-refractivity contribution in [1.29, 1.82) is 0 Å². The number of hydrogen-bond acceptors (Lipinski definition) is 2.